The first kappa shape index (κ1) is 18.0. The highest BCUT2D eigenvalue weighted by atomic mass is 16.3. The van der Waals surface area contributed by atoms with E-state index in [2.05, 4.69) is 32.2 Å². The summed E-state index contributed by atoms with van der Waals surface area (Å²) in [5.41, 5.74) is 1.00. The van der Waals surface area contributed by atoms with Crippen molar-refractivity contribution < 1.29 is 9.90 Å². The standard InChI is InChI=1S/C20H31NO2/c1-13(2)18-10-9-15(4)12-20(18,23)19(22)21-16(5)17-8-6-7-14(3)11-17/h6-8,11,13,15-16,18,23H,9-10,12H2,1-5H3,(H,21,22)/t15?,16?,18?,20-/m1/s1. The molecular weight excluding hydrogens is 286 g/mol. The Kier molecular flexibility index (Phi) is 5.51. The number of hydrogen-bond acceptors (Lipinski definition) is 2. The average molecular weight is 317 g/mol. The van der Waals surface area contributed by atoms with Crippen LogP contribution in [0, 0.1) is 24.7 Å². The minimum absolute atomic E-state index is 0.0309. The maximum Gasteiger partial charge on any atom is 0.252 e. The summed E-state index contributed by atoms with van der Waals surface area (Å²) in [4.78, 5) is 12.9. The Morgan fingerprint density at radius 1 is 1.30 bits per heavy atom. The predicted octanol–water partition coefficient (Wildman–Crippen LogP) is 4.00. The van der Waals surface area contributed by atoms with Crippen LogP contribution in [0.1, 0.15) is 64.1 Å². The van der Waals surface area contributed by atoms with Gasteiger partial charge in [0.05, 0.1) is 6.04 Å². The monoisotopic (exact) mass is 317 g/mol. The molecule has 0 aromatic heterocycles. The topological polar surface area (TPSA) is 49.3 Å². The van der Waals surface area contributed by atoms with E-state index < -0.39 is 5.60 Å². The van der Waals surface area contributed by atoms with E-state index in [1.807, 2.05) is 32.0 Å². The van der Waals surface area contributed by atoms with E-state index in [-0.39, 0.29) is 17.9 Å². The summed E-state index contributed by atoms with van der Waals surface area (Å²) in [6, 6.07) is 8.05. The Hall–Kier alpha value is -1.35. The number of hydrogen-bond donors (Lipinski definition) is 2. The molecule has 1 amide bonds. The summed E-state index contributed by atoms with van der Waals surface area (Å²) in [5, 5.41) is 14.2. The fraction of sp³-hybridized carbons (Fsp3) is 0.650. The second-order valence-electron chi connectivity index (χ2n) is 7.77. The number of carbonyl (C=O) groups excluding carboxylic acids is 1. The van der Waals surface area contributed by atoms with Gasteiger partial charge >= 0.3 is 0 Å². The maximum atomic E-state index is 12.9. The Morgan fingerprint density at radius 3 is 2.61 bits per heavy atom. The largest absolute Gasteiger partial charge is 0.380 e. The molecule has 2 N–H and O–H groups in total. The molecule has 3 nitrogen and oxygen atoms in total. The molecule has 0 radical (unpaired) electrons. The predicted molar refractivity (Wildman–Crippen MR) is 94.0 cm³/mol. The van der Waals surface area contributed by atoms with Crippen LogP contribution in [0.5, 0.6) is 0 Å². The lowest BCUT2D eigenvalue weighted by atomic mass is 9.66. The van der Waals surface area contributed by atoms with Crippen LogP contribution in [0.3, 0.4) is 0 Å². The molecule has 1 fully saturated rings. The smallest absolute Gasteiger partial charge is 0.252 e. The third kappa shape index (κ3) is 3.95. The zero-order chi connectivity index (χ0) is 17.2. The van der Waals surface area contributed by atoms with Gasteiger partial charge in [0.1, 0.15) is 5.60 Å². The Labute approximate surface area is 140 Å². The highest BCUT2D eigenvalue weighted by Crippen LogP contribution is 2.41. The van der Waals surface area contributed by atoms with E-state index in [4.69, 9.17) is 0 Å². The van der Waals surface area contributed by atoms with Gasteiger partial charge in [-0.2, -0.15) is 0 Å². The van der Waals surface area contributed by atoms with Crippen molar-refractivity contribution in [3.8, 4) is 0 Å². The van der Waals surface area contributed by atoms with Gasteiger partial charge in [0.2, 0.25) is 0 Å². The normalized spacial score (nSPS) is 29.3. The second-order valence-corrected chi connectivity index (χ2v) is 7.77. The molecule has 2 rings (SSSR count). The quantitative estimate of drug-likeness (QED) is 0.882. The Bertz CT molecular complexity index is 554. The van der Waals surface area contributed by atoms with Gasteiger partial charge in [0.15, 0.2) is 0 Å². The summed E-state index contributed by atoms with van der Waals surface area (Å²) < 4.78 is 0. The van der Waals surface area contributed by atoms with Gasteiger partial charge < -0.3 is 10.4 Å². The molecule has 0 spiro atoms. The van der Waals surface area contributed by atoms with Gasteiger partial charge in [0, 0.05) is 0 Å². The van der Waals surface area contributed by atoms with E-state index in [0.717, 1.165) is 18.4 Å². The van der Waals surface area contributed by atoms with Crippen LogP contribution in [0.15, 0.2) is 24.3 Å². The molecule has 1 aliphatic carbocycles. The fourth-order valence-electron chi connectivity index (χ4n) is 3.98. The number of aliphatic hydroxyl groups is 1. The van der Waals surface area contributed by atoms with Crippen molar-refractivity contribution in [2.24, 2.45) is 17.8 Å². The summed E-state index contributed by atoms with van der Waals surface area (Å²) in [5.74, 6) is 0.503. The number of rotatable bonds is 4. The maximum absolute atomic E-state index is 12.9. The second kappa shape index (κ2) is 7.04. The van der Waals surface area contributed by atoms with Crippen molar-refractivity contribution in [3.63, 3.8) is 0 Å². The molecule has 0 saturated heterocycles. The van der Waals surface area contributed by atoms with Crippen molar-refractivity contribution in [1.29, 1.82) is 0 Å². The summed E-state index contributed by atoms with van der Waals surface area (Å²) >= 11 is 0. The first-order valence-corrected chi connectivity index (χ1v) is 8.84. The first-order valence-electron chi connectivity index (χ1n) is 8.84. The lowest BCUT2D eigenvalue weighted by Gasteiger charge is -2.43. The van der Waals surface area contributed by atoms with Crippen LogP contribution >= 0.6 is 0 Å². The lowest BCUT2D eigenvalue weighted by Crippen LogP contribution is -2.56. The van der Waals surface area contributed by atoms with Crippen molar-refractivity contribution in [1.82, 2.24) is 5.32 Å². The minimum atomic E-state index is -1.25. The van der Waals surface area contributed by atoms with Crippen LogP contribution in [0.25, 0.3) is 0 Å². The number of nitrogens with one attached hydrogen (secondary N) is 1. The number of benzene rings is 1. The van der Waals surface area contributed by atoms with Crippen LogP contribution in [-0.2, 0) is 4.79 Å². The number of amides is 1. The zero-order valence-corrected chi connectivity index (χ0v) is 15.1. The van der Waals surface area contributed by atoms with Crippen molar-refractivity contribution in [2.75, 3.05) is 0 Å². The summed E-state index contributed by atoms with van der Waals surface area (Å²) in [6.07, 6.45) is 2.57. The molecule has 3 heteroatoms. The van der Waals surface area contributed by atoms with E-state index in [9.17, 15) is 9.90 Å². The summed E-state index contributed by atoms with van der Waals surface area (Å²) in [7, 11) is 0. The average Bonchev–Trinajstić information content (AvgIpc) is 2.46. The number of aryl methyl sites for hydroxylation is 1. The number of carbonyl (C=O) groups is 1. The molecule has 128 valence electrons. The van der Waals surface area contributed by atoms with Crippen LogP contribution in [0.4, 0.5) is 0 Å². The van der Waals surface area contributed by atoms with Gasteiger partial charge in [-0.1, -0.05) is 57.0 Å². The molecule has 3 unspecified atom stereocenters. The molecule has 1 aromatic carbocycles. The first-order chi connectivity index (χ1) is 10.7. The van der Waals surface area contributed by atoms with Crippen molar-refractivity contribution in [2.45, 2.75) is 65.5 Å². The third-order valence-electron chi connectivity index (χ3n) is 5.33. The molecule has 1 aliphatic rings. The van der Waals surface area contributed by atoms with Gasteiger partial charge in [-0.3, -0.25) is 4.79 Å². The SMILES string of the molecule is Cc1cccc(C(C)NC(=O)[C@@]2(O)CC(C)CCC2C(C)C)c1. The van der Waals surface area contributed by atoms with Gasteiger partial charge in [0.25, 0.3) is 5.91 Å². The van der Waals surface area contributed by atoms with E-state index in [0.29, 0.717) is 18.3 Å². The van der Waals surface area contributed by atoms with E-state index >= 15 is 0 Å². The molecule has 4 atom stereocenters. The van der Waals surface area contributed by atoms with Crippen molar-refractivity contribution >= 4 is 5.91 Å². The van der Waals surface area contributed by atoms with Crippen LogP contribution in [0.2, 0.25) is 0 Å². The molecule has 23 heavy (non-hydrogen) atoms. The molecule has 0 bridgehead atoms. The van der Waals surface area contributed by atoms with Gasteiger partial charge in [-0.05, 0) is 50.0 Å². The highest BCUT2D eigenvalue weighted by Gasteiger charge is 2.48. The lowest BCUT2D eigenvalue weighted by molar-refractivity contribution is -0.156. The molecular formula is C20H31NO2. The summed E-state index contributed by atoms with van der Waals surface area (Å²) in [6.45, 7) is 10.3. The minimum Gasteiger partial charge on any atom is -0.380 e. The molecule has 0 heterocycles. The van der Waals surface area contributed by atoms with Crippen LogP contribution in [-0.4, -0.2) is 16.6 Å². The Morgan fingerprint density at radius 2 is 2.00 bits per heavy atom. The van der Waals surface area contributed by atoms with E-state index in [1.54, 1.807) is 0 Å². The fourth-order valence-corrected chi connectivity index (χ4v) is 3.98. The molecule has 1 aromatic rings. The Balaban J connectivity index is 2.16. The van der Waals surface area contributed by atoms with E-state index in [1.165, 1.54) is 5.56 Å². The van der Waals surface area contributed by atoms with Gasteiger partial charge in [-0.25, -0.2) is 0 Å². The third-order valence-corrected chi connectivity index (χ3v) is 5.33. The zero-order valence-electron chi connectivity index (χ0n) is 15.1. The molecule has 0 aliphatic heterocycles. The van der Waals surface area contributed by atoms with Crippen LogP contribution < -0.4 is 5.32 Å². The highest BCUT2D eigenvalue weighted by molar-refractivity contribution is 5.85. The van der Waals surface area contributed by atoms with Gasteiger partial charge in [-0.15, -0.1) is 0 Å². The van der Waals surface area contributed by atoms with Crippen molar-refractivity contribution in [3.05, 3.63) is 35.4 Å². The molecule has 1 saturated carbocycles.